The van der Waals surface area contributed by atoms with Crippen molar-refractivity contribution >= 4 is 0 Å². The second-order valence-electron chi connectivity index (χ2n) is 6.96. The van der Waals surface area contributed by atoms with Gasteiger partial charge in [0.15, 0.2) is 0 Å². The molecule has 138 valence electrons. The molecule has 0 radical (unpaired) electrons. The molecule has 25 heavy (non-hydrogen) atoms. The summed E-state index contributed by atoms with van der Waals surface area (Å²) in [5, 5.41) is 15.0. The van der Waals surface area contributed by atoms with Crippen LogP contribution in [0.15, 0.2) is 24.3 Å². The van der Waals surface area contributed by atoms with Crippen LogP contribution in [0.4, 0.5) is 0 Å². The first-order valence-electron chi connectivity index (χ1n) is 9.98. The van der Waals surface area contributed by atoms with E-state index in [0.29, 0.717) is 0 Å². The third-order valence-corrected chi connectivity index (χ3v) is 4.69. The first-order chi connectivity index (χ1) is 12.3. The van der Waals surface area contributed by atoms with E-state index < -0.39 is 0 Å². The Kier molecular flexibility index (Phi) is 9.27. The number of aryl methyl sites for hydroxylation is 1. The summed E-state index contributed by atoms with van der Waals surface area (Å²) < 4.78 is 0. The lowest BCUT2D eigenvalue weighted by Crippen LogP contribution is -2.18. The van der Waals surface area contributed by atoms with Gasteiger partial charge < -0.3 is 5.32 Å². The molecule has 0 fully saturated rings. The second-order valence-corrected chi connectivity index (χ2v) is 6.96. The fourth-order valence-electron chi connectivity index (χ4n) is 3.09. The van der Waals surface area contributed by atoms with Crippen molar-refractivity contribution in [1.29, 1.82) is 0 Å². The minimum atomic E-state index is 0.913. The van der Waals surface area contributed by atoms with Gasteiger partial charge in [0.1, 0.15) is 5.69 Å². The molecule has 0 aliphatic rings. The summed E-state index contributed by atoms with van der Waals surface area (Å²) in [6.45, 7) is 6.44. The van der Waals surface area contributed by atoms with E-state index >= 15 is 0 Å². The van der Waals surface area contributed by atoms with Gasteiger partial charge in [-0.2, -0.15) is 15.4 Å². The molecule has 0 spiro atoms. The summed E-state index contributed by atoms with van der Waals surface area (Å²) in [7, 11) is 0. The second kappa shape index (κ2) is 11.8. The summed E-state index contributed by atoms with van der Waals surface area (Å²) in [6.07, 6.45) is 11.9. The molecule has 0 unspecified atom stereocenters. The number of hydrogen-bond acceptors (Lipinski definition) is 3. The molecule has 0 aliphatic heterocycles. The fraction of sp³-hybridized carbons (Fsp3) is 0.619. The highest BCUT2D eigenvalue weighted by Gasteiger charge is 2.09. The molecule has 0 bridgehead atoms. The third-order valence-electron chi connectivity index (χ3n) is 4.69. The van der Waals surface area contributed by atoms with Crippen molar-refractivity contribution in [2.75, 3.05) is 13.1 Å². The first-order valence-corrected chi connectivity index (χ1v) is 9.98. The van der Waals surface area contributed by atoms with E-state index in [1.807, 2.05) is 0 Å². The van der Waals surface area contributed by atoms with Crippen molar-refractivity contribution in [2.24, 2.45) is 0 Å². The number of benzene rings is 1. The van der Waals surface area contributed by atoms with E-state index in [1.54, 1.807) is 0 Å². The van der Waals surface area contributed by atoms with Crippen molar-refractivity contribution in [3.8, 4) is 11.3 Å². The van der Waals surface area contributed by atoms with Gasteiger partial charge in [-0.05, 0) is 19.9 Å². The van der Waals surface area contributed by atoms with Crippen LogP contribution in [0.25, 0.3) is 11.3 Å². The number of nitrogens with one attached hydrogen (secondary N) is 2. The molecule has 1 aromatic heterocycles. The Bertz CT molecular complexity index is 574. The summed E-state index contributed by atoms with van der Waals surface area (Å²) in [5.74, 6) is 0. The number of H-pyrrole nitrogens is 1. The third kappa shape index (κ3) is 7.39. The zero-order valence-electron chi connectivity index (χ0n) is 16.0. The number of unbranched alkanes of at least 4 members (excludes halogenated alkanes) is 7. The molecule has 4 heteroatoms. The number of nitrogens with zero attached hydrogens (tertiary/aromatic N) is 2. The lowest BCUT2D eigenvalue weighted by atomic mass is 10.1. The zero-order chi connectivity index (χ0) is 17.7. The van der Waals surface area contributed by atoms with Crippen molar-refractivity contribution < 1.29 is 0 Å². The quantitative estimate of drug-likeness (QED) is 0.501. The highest BCUT2D eigenvalue weighted by atomic mass is 15.3. The first kappa shape index (κ1) is 19.6. The Balaban J connectivity index is 1.57. The van der Waals surface area contributed by atoms with E-state index in [1.165, 1.54) is 56.9 Å². The Morgan fingerprint density at radius 1 is 0.840 bits per heavy atom. The highest BCUT2D eigenvalue weighted by Crippen LogP contribution is 2.20. The highest BCUT2D eigenvalue weighted by molar-refractivity contribution is 5.61. The maximum atomic E-state index is 4.32. The number of aromatic nitrogens is 3. The summed E-state index contributed by atoms with van der Waals surface area (Å²) in [5.41, 5.74) is 4.43. The van der Waals surface area contributed by atoms with Crippen LogP contribution in [0, 0.1) is 6.92 Å². The molecule has 2 rings (SSSR count). The van der Waals surface area contributed by atoms with Gasteiger partial charge in [0.05, 0.1) is 5.69 Å². The predicted molar refractivity (Wildman–Crippen MR) is 106 cm³/mol. The van der Waals surface area contributed by atoms with Crippen LogP contribution in [0.5, 0.6) is 0 Å². The molecule has 0 saturated carbocycles. The van der Waals surface area contributed by atoms with Gasteiger partial charge in [-0.15, -0.1) is 0 Å². The van der Waals surface area contributed by atoms with Crippen LogP contribution >= 0.6 is 0 Å². The van der Waals surface area contributed by atoms with E-state index in [4.69, 9.17) is 0 Å². The minimum Gasteiger partial charge on any atom is -0.316 e. The predicted octanol–water partition coefficient (Wildman–Crippen LogP) is 5.05. The maximum absolute atomic E-state index is 4.32. The lowest BCUT2D eigenvalue weighted by molar-refractivity contribution is 0.555. The molecule has 1 heterocycles. The van der Waals surface area contributed by atoms with Gasteiger partial charge in [-0.3, -0.25) is 0 Å². The maximum Gasteiger partial charge on any atom is 0.116 e. The number of hydrogen-bond donors (Lipinski definition) is 2. The molecule has 2 N–H and O–H groups in total. The van der Waals surface area contributed by atoms with Crippen molar-refractivity contribution in [2.45, 2.75) is 71.6 Å². The van der Waals surface area contributed by atoms with Crippen LogP contribution in [0.2, 0.25) is 0 Å². The van der Waals surface area contributed by atoms with E-state index in [9.17, 15) is 0 Å². The van der Waals surface area contributed by atoms with Crippen LogP contribution in [-0.4, -0.2) is 28.5 Å². The smallest absolute Gasteiger partial charge is 0.116 e. The van der Waals surface area contributed by atoms with Crippen LogP contribution in [0.3, 0.4) is 0 Å². The normalized spacial score (nSPS) is 11.1. The van der Waals surface area contributed by atoms with Gasteiger partial charge in [0, 0.05) is 18.5 Å². The summed E-state index contributed by atoms with van der Waals surface area (Å²) >= 11 is 0. The topological polar surface area (TPSA) is 53.6 Å². The van der Waals surface area contributed by atoms with Crippen molar-refractivity contribution in [3.63, 3.8) is 0 Å². The van der Waals surface area contributed by atoms with Gasteiger partial charge in [-0.1, -0.05) is 81.7 Å². The Labute approximate surface area is 152 Å². The molecule has 0 saturated heterocycles. The Morgan fingerprint density at radius 2 is 1.52 bits per heavy atom. The van der Waals surface area contributed by atoms with Crippen LogP contribution in [0.1, 0.15) is 69.5 Å². The largest absolute Gasteiger partial charge is 0.316 e. The zero-order valence-corrected chi connectivity index (χ0v) is 16.0. The number of rotatable bonds is 13. The molecular formula is C21H34N4. The SMILES string of the molecule is CCCCCCCCCCNCCc1n[nH]nc1-c1ccc(C)cc1. The van der Waals surface area contributed by atoms with Crippen molar-refractivity contribution in [3.05, 3.63) is 35.5 Å². The molecule has 1 aromatic carbocycles. The molecule has 4 nitrogen and oxygen atoms in total. The summed E-state index contributed by atoms with van der Waals surface area (Å²) in [4.78, 5) is 0. The van der Waals surface area contributed by atoms with Crippen LogP contribution < -0.4 is 5.32 Å². The van der Waals surface area contributed by atoms with Gasteiger partial charge in [0.2, 0.25) is 0 Å². The monoisotopic (exact) mass is 342 g/mol. The standard InChI is InChI=1S/C21H34N4/c1-3-4-5-6-7-8-9-10-16-22-17-15-20-21(24-25-23-20)19-13-11-18(2)12-14-19/h11-14,22H,3-10,15-17H2,1-2H3,(H,23,24,25). The Hall–Kier alpha value is -1.68. The van der Waals surface area contributed by atoms with E-state index in [0.717, 1.165) is 36.5 Å². The van der Waals surface area contributed by atoms with E-state index in [2.05, 4.69) is 58.8 Å². The molecular weight excluding hydrogens is 308 g/mol. The number of aromatic amines is 1. The fourth-order valence-corrected chi connectivity index (χ4v) is 3.09. The average molecular weight is 343 g/mol. The van der Waals surface area contributed by atoms with E-state index in [-0.39, 0.29) is 0 Å². The van der Waals surface area contributed by atoms with Gasteiger partial charge in [0.25, 0.3) is 0 Å². The summed E-state index contributed by atoms with van der Waals surface area (Å²) in [6, 6.07) is 8.47. The molecule has 0 atom stereocenters. The lowest BCUT2D eigenvalue weighted by Gasteiger charge is -2.05. The molecule has 0 aliphatic carbocycles. The van der Waals surface area contributed by atoms with Crippen molar-refractivity contribution in [1.82, 2.24) is 20.7 Å². The Morgan fingerprint density at radius 3 is 2.24 bits per heavy atom. The average Bonchev–Trinajstić information content (AvgIpc) is 3.09. The van der Waals surface area contributed by atoms with Gasteiger partial charge >= 0.3 is 0 Å². The van der Waals surface area contributed by atoms with Crippen LogP contribution in [-0.2, 0) is 6.42 Å². The van der Waals surface area contributed by atoms with Gasteiger partial charge in [-0.25, -0.2) is 0 Å². The molecule has 0 amide bonds. The molecule has 2 aromatic rings. The minimum absolute atomic E-state index is 0.913.